The van der Waals surface area contributed by atoms with Gasteiger partial charge in [0.15, 0.2) is 0 Å². The van der Waals surface area contributed by atoms with E-state index in [0.717, 1.165) is 12.5 Å². The van der Waals surface area contributed by atoms with Gasteiger partial charge in [-0.1, -0.05) is 6.92 Å². The second kappa shape index (κ2) is 6.75. The van der Waals surface area contributed by atoms with E-state index in [4.69, 9.17) is 5.73 Å². The van der Waals surface area contributed by atoms with E-state index in [1.54, 1.807) is 4.90 Å². The predicted octanol–water partition coefficient (Wildman–Crippen LogP) is 3.41. The van der Waals surface area contributed by atoms with Gasteiger partial charge in [0.2, 0.25) is 0 Å². The number of nitrogens with zero attached hydrogens (tertiary/aromatic N) is 1. The first-order chi connectivity index (χ1) is 8.90. The van der Waals surface area contributed by atoms with Crippen molar-refractivity contribution >= 4 is 5.69 Å². The minimum absolute atomic E-state index is 0.198. The van der Waals surface area contributed by atoms with Gasteiger partial charge < -0.3 is 10.6 Å². The van der Waals surface area contributed by atoms with Gasteiger partial charge >= 0.3 is 6.18 Å². The van der Waals surface area contributed by atoms with E-state index in [2.05, 4.69) is 0 Å². The minimum Gasteiger partial charge on any atom is -0.369 e. The van der Waals surface area contributed by atoms with Gasteiger partial charge in [0.25, 0.3) is 0 Å². The maximum atomic E-state index is 13.8. The first-order valence-electron chi connectivity index (χ1n) is 6.22. The lowest BCUT2D eigenvalue weighted by Gasteiger charge is -2.25. The predicted molar refractivity (Wildman–Crippen MR) is 67.6 cm³/mol. The molecule has 6 heteroatoms. The summed E-state index contributed by atoms with van der Waals surface area (Å²) in [7, 11) is 0. The van der Waals surface area contributed by atoms with Crippen LogP contribution in [0.3, 0.4) is 0 Å². The van der Waals surface area contributed by atoms with E-state index in [-0.39, 0.29) is 5.69 Å². The Morgan fingerprint density at radius 2 is 1.89 bits per heavy atom. The SMILES string of the molecule is CCCN(CCCN)c1ccc(C(F)(F)F)cc1F. The Morgan fingerprint density at radius 1 is 1.21 bits per heavy atom. The summed E-state index contributed by atoms with van der Waals surface area (Å²) in [5, 5.41) is 0. The van der Waals surface area contributed by atoms with Crippen molar-refractivity contribution < 1.29 is 17.6 Å². The number of benzene rings is 1. The molecule has 0 radical (unpaired) electrons. The first kappa shape index (κ1) is 15.8. The normalized spacial score (nSPS) is 11.7. The van der Waals surface area contributed by atoms with Crippen LogP contribution >= 0.6 is 0 Å². The molecular formula is C13H18F4N2. The van der Waals surface area contributed by atoms with E-state index in [9.17, 15) is 17.6 Å². The summed E-state index contributed by atoms with van der Waals surface area (Å²) in [5.41, 5.74) is 4.63. The Morgan fingerprint density at radius 3 is 2.37 bits per heavy atom. The molecule has 0 aliphatic carbocycles. The lowest BCUT2D eigenvalue weighted by molar-refractivity contribution is -0.137. The van der Waals surface area contributed by atoms with Gasteiger partial charge in [-0.3, -0.25) is 0 Å². The molecule has 0 amide bonds. The average Bonchev–Trinajstić information content (AvgIpc) is 2.33. The van der Waals surface area contributed by atoms with Crippen LogP contribution in [-0.2, 0) is 6.18 Å². The van der Waals surface area contributed by atoms with E-state index in [1.165, 1.54) is 6.07 Å². The number of hydrogen-bond donors (Lipinski definition) is 1. The molecule has 0 atom stereocenters. The third-order valence-corrected chi connectivity index (χ3v) is 2.74. The van der Waals surface area contributed by atoms with E-state index in [1.807, 2.05) is 6.92 Å². The van der Waals surface area contributed by atoms with Crippen molar-refractivity contribution in [2.24, 2.45) is 5.73 Å². The van der Waals surface area contributed by atoms with Crippen molar-refractivity contribution in [1.29, 1.82) is 0 Å². The van der Waals surface area contributed by atoms with Crippen LogP contribution in [0.25, 0.3) is 0 Å². The zero-order valence-corrected chi connectivity index (χ0v) is 10.8. The zero-order chi connectivity index (χ0) is 14.5. The van der Waals surface area contributed by atoms with Crippen molar-refractivity contribution in [1.82, 2.24) is 0 Å². The highest BCUT2D eigenvalue weighted by molar-refractivity contribution is 5.49. The van der Waals surface area contributed by atoms with E-state index >= 15 is 0 Å². The van der Waals surface area contributed by atoms with Crippen molar-refractivity contribution in [3.63, 3.8) is 0 Å². The summed E-state index contributed by atoms with van der Waals surface area (Å²) in [5.74, 6) is -0.847. The summed E-state index contributed by atoms with van der Waals surface area (Å²) in [4.78, 5) is 1.72. The van der Waals surface area contributed by atoms with Crippen molar-refractivity contribution in [3.05, 3.63) is 29.6 Å². The first-order valence-corrected chi connectivity index (χ1v) is 6.22. The van der Waals surface area contributed by atoms with Crippen LogP contribution in [0.5, 0.6) is 0 Å². The molecule has 1 aromatic rings. The van der Waals surface area contributed by atoms with E-state index < -0.39 is 17.6 Å². The molecule has 0 saturated heterocycles. The highest BCUT2D eigenvalue weighted by atomic mass is 19.4. The number of anilines is 1. The molecule has 0 aliphatic rings. The largest absolute Gasteiger partial charge is 0.416 e. The third kappa shape index (κ3) is 4.38. The minimum atomic E-state index is -4.52. The fraction of sp³-hybridized carbons (Fsp3) is 0.538. The van der Waals surface area contributed by atoms with Crippen LogP contribution in [-0.4, -0.2) is 19.6 Å². The molecule has 0 fully saturated rings. The van der Waals surface area contributed by atoms with Gasteiger partial charge in [0.1, 0.15) is 5.82 Å². The average molecular weight is 278 g/mol. The molecule has 0 spiro atoms. The fourth-order valence-corrected chi connectivity index (χ4v) is 1.84. The van der Waals surface area contributed by atoms with Gasteiger partial charge in [0, 0.05) is 13.1 Å². The molecule has 2 nitrogen and oxygen atoms in total. The molecule has 0 aliphatic heterocycles. The molecule has 1 rings (SSSR count). The highest BCUT2D eigenvalue weighted by Gasteiger charge is 2.31. The summed E-state index contributed by atoms with van der Waals surface area (Å²) in [6.45, 7) is 3.51. The summed E-state index contributed by atoms with van der Waals surface area (Å²) in [6, 6.07) is 2.63. The lowest BCUT2D eigenvalue weighted by atomic mass is 10.1. The van der Waals surface area contributed by atoms with Crippen LogP contribution in [0.2, 0.25) is 0 Å². The molecule has 0 bridgehead atoms. The molecule has 108 valence electrons. The Hall–Kier alpha value is -1.30. The van der Waals surface area contributed by atoms with Crippen molar-refractivity contribution in [2.75, 3.05) is 24.5 Å². The maximum Gasteiger partial charge on any atom is 0.416 e. The van der Waals surface area contributed by atoms with E-state index in [0.29, 0.717) is 32.1 Å². The van der Waals surface area contributed by atoms with Gasteiger partial charge in [0.05, 0.1) is 11.3 Å². The van der Waals surface area contributed by atoms with Crippen LogP contribution < -0.4 is 10.6 Å². The standard InChI is InChI=1S/C13H18F4N2/c1-2-7-19(8-3-6-18)12-5-4-10(9-11(12)14)13(15,16)17/h4-5,9H,2-3,6-8,18H2,1H3. The number of hydrogen-bond acceptors (Lipinski definition) is 2. The summed E-state index contributed by atoms with van der Waals surface area (Å²) < 4.78 is 51.2. The Kier molecular flexibility index (Phi) is 5.60. The zero-order valence-electron chi connectivity index (χ0n) is 10.8. The molecule has 0 heterocycles. The maximum absolute atomic E-state index is 13.8. The molecule has 19 heavy (non-hydrogen) atoms. The second-order valence-electron chi connectivity index (χ2n) is 4.29. The van der Waals surface area contributed by atoms with Gasteiger partial charge in [-0.25, -0.2) is 4.39 Å². The summed E-state index contributed by atoms with van der Waals surface area (Å²) in [6.07, 6.45) is -3.07. The van der Waals surface area contributed by atoms with Crippen LogP contribution in [0, 0.1) is 5.82 Å². The van der Waals surface area contributed by atoms with Gasteiger partial charge in [-0.15, -0.1) is 0 Å². The quantitative estimate of drug-likeness (QED) is 0.808. The topological polar surface area (TPSA) is 29.3 Å². The Bertz CT molecular complexity index is 404. The summed E-state index contributed by atoms with van der Waals surface area (Å²) >= 11 is 0. The van der Waals surface area contributed by atoms with Crippen LogP contribution in [0.1, 0.15) is 25.3 Å². The number of halogens is 4. The van der Waals surface area contributed by atoms with Gasteiger partial charge in [-0.05, 0) is 37.6 Å². The lowest BCUT2D eigenvalue weighted by Crippen LogP contribution is -2.28. The Labute approximate surface area is 110 Å². The second-order valence-corrected chi connectivity index (χ2v) is 4.29. The number of alkyl halides is 3. The van der Waals surface area contributed by atoms with Crippen LogP contribution in [0.15, 0.2) is 18.2 Å². The number of rotatable bonds is 6. The van der Waals surface area contributed by atoms with Crippen LogP contribution in [0.4, 0.5) is 23.2 Å². The molecule has 1 aromatic carbocycles. The molecular weight excluding hydrogens is 260 g/mol. The smallest absolute Gasteiger partial charge is 0.369 e. The highest BCUT2D eigenvalue weighted by Crippen LogP contribution is 2.32. The monoisotopic (exact) mass is 278 g/mol. The molecule has 0 aromatic heterocycles. The van der Waals surface area contributed by atoms with Crippen molar-refractivity contribution in [2.45, 2.75) is 25.9 Å². The molecule has 0 saturated carbocycles. The van der Waals surface area contributed by atoms with Gasteiger partial charge in [-0.2, -0.15) is 13.2 Å². The fourth-order valence-electron chi connectivity index (χ4n) is 1.84. The third-order valence-electron chi connectivity index (χ3n) is 2.74. The van der Waals surface area contributed by atoms with Crippen molar-refractivity contribution in [3.8, 4) is 0 Å². The molecule has 2 N–H and O–H groups in total. The number of nitrogens with two attached hydrogens (primary N) is 1. The Balaban J connectivity index is 2.97. The molecule has 0 unspecified atom stereocenters.